The normalized spacial score (nSPS) is 30.2. The van der Waals surface area contributed by atoms with Crippen molar-refractivity contribution in [3.63, 3.8) is 0 Å². The molecule has 3 fully saturated rings. The van der Waals surface area contributed by atoms with Crippen LogP contribution < -0.4 is 0 Å². The monoisotopic (exact) mass is 478 g/mol. The standard InChI is InChI=1S/C26H20ClFN2O4/c27-20-4-2-1-3-17(20)24(32)29(12-21(31)13-5-7-14(28)8-6-13)30-25(33)22-15-9-10-16(19-11-18(15)19)23(22)26(30)34/h1-10,15-16,18-19,22-23H,11-12H2/t15-,16-,18-,19+,22-,23+/m0/s1. The van der Waals surface area contributed by atoms with E-state index < -0.39 is 47.7 Å². The van der Waals surface area contributed by atoms with Crippen molar-refractivity contribution in [1.82, 2.24) is 10.0 Å². The number of nitrogens with zero attached hydrogens (tertiary/aromatic N) is 2. The van der Waals surface area contributed by atoms with E-state index in [4.69, 9.17) is 11.6 Å². The van der Waals surface area contributed by atoms with E-state index in [1.165, 1.54) is 24.3 Å². The highest BCUT2D eigenvalue weighted by molar-refractivity contribution is 6.34. The molecule has 0 aromatic heterocycles. The zero-order chi connectivity index (χ0) is 23.7. The van der Waals surface area contributed by atoms with Gasteiger partial charge < -0.3 is 0 Å². The summed E-state index contributed by atoms with van der Waals surface area (Å²) in [5, 5.41) is 1.94. The van der Waals surface area contributed by atoms with Crippen LogP contribution in [-0.4, -0.2) is 40.1 Å². The van der Waals surface area contributed by atoms with Gasteiger partial charge >= 0.3 is 0 Å². The first-order valence-electron chi connectivity index (χ1n) is 11.3. The largest absolute Gasteiger partial charge is 0.292 e. The molecule has 2 aromatic rings. The van der Waals surface area contributed by atoms with Gasteiger partial charge in [-0.25, -0.2) is 9.40 Å². The fourth-order valence-corrected chi connectivity index (χ4v) is 6.27. The predicted molar refractivity (Wildman–Crippen MR) is 120 cm³/mol. The number of carbonyl (C=O) groups excluding carboxylic acids is 4. The summed E-state index contributed by atoms with van der Waals surface area (Å²) in [6.45, 7) is -0.553. The maximum absolute atomic E-state index is 13.6. The Bertz CT molecular complexity index is 1240. The van der Waals surface area contributed by atoms with Crippen molar-refractivity contribution >= 4 is 35.1 Å². The van der Waals surface area contributed by atoms with Crippen LogP contribution in [0.5, 0.6) is 0 Å². The molecule has 4 aliphatic carbocycles. The van der Waals surface area contributed by atoms with E-state index in [0.717, 1.165) is 28.6 Å². The maximum Gasteiger partial charge on any atom is 0.274 e. The Morgan fingerprint density at radius 2 is 1.53 bits per heavy atom. The Kier molecular flexibility index (Phi) is 4.74. The minimum Gasteiger partial charge on any atom is -0.292 e. The molecule has 1 saturated heterocycles. The molecule has 34 heavy (non-hydrogen) atoms. The van der Waals surface area contributed by atoms with E-state index >= 15 is 0 Å². The molecule has 2 aromatic carbocycles. The number of amides is 3. The first kappa shape index (κ1) is 21.2. The Morgan fingerprint density at radius 3 is 2.12 bits per heavy atom. The number of hydrazine groups is 1. The molecule has 0 N–H and O–H groups in total. The number of halogens is 2. The minimum atomic E-state index is -0.716. The lowest BCUT2D eigenvalue weighted by Gasteiger charge is -2.37. The van der Waals surface area contributed by atoms with Gasteiger partial charge in [-0.1, -0.05) is 35.9 Å². The molecule has 6 nitrogen and oxygen atoms in total. The summed E-state index contributed by atoms with van der Waals surface area (Å²) in [7, 11) is 0. The highest BCUT2D eigenvalue weighted by atomic mass is 35.5. The van der Waals surface area contributed by atoms with Gasteiger partial charge in [0.25, 0.3) is 17.7 Å². The van der Waals surface area contributed by atoms with Crippen molar-refractivity contribution in [3.05, 3.63) is 82.6 Å². The number of rotatable bonds is 5. The van der Waals surface area contributed by atoms with Crippen LogP contribution in [0.2, 0.25) is 5.02 Å². The molecule has 3 amide bonds. The average Bonchev–Trinajstić information content (AvgIpc) is 3.61. The van der Waals surface area contributed by atoms with Crippen molar-refractivity contribution in [2.75, 3.05) is 6.54 Å². The number of allylic oxidation sites excluding steroid dienone is 2. The molecule has 0 spiro atoms. The molecule has 1 heterocycles. The first-order chi connectivity index (χ1) is 16.4. The summed E-state index contributed by atoms with van der Waals surface area (Å²) in [4.78, 5) is 53.9. The quantitative estimate of drug-likeness (QED) is 0.372. The van der Waals surface area contributed by atoms with Gasteiger partial charge in [0.1, 0.15) is 12.4 Å². The first-order valence-corrected chi connectivity index (χ1v) is 11.7. The molecule has 172 valence electrons. The van der Waals surface area contributed by atoms with Gasteiger partial charge in [-0.3, -0.25) is 19.2 Å². The van der Waals surface area contributed by atoms with Crippen LogP contribution in [0, 0.1) is 41.3 Å². The van der Waals surface area contributed by atoms with Crippen LogP contribution in [-0.2, 0) is 9.59 Å². The fourth-order valence-electron chi connectivity index (χ4n) is 6.05. The van der Waals surface area contributed by atoms with Crippen molar-refractivity contribution in [2.45, 2.75) is 6.42 Å². The lowest BCUT2D eigenvalue weighted by molar-refractivity contribution is -0.154. The van der Waals surface area contributed by atoms with Crippen LogP contribution in [0.4, 0.5) is 4.39 Å². The zero-order valence-electron chi connectivity index (χ0n) is 17.9. The number of imide groups is 1. The van der Waals surface area contributed by atoms with E-state index in [0.29, 0.717) is 11.8 Å². The fraction of sp³-hybridized carbons (Fsp3) is 0.308. The van der Waals surface area contributed by atoms with Crippen molar-refractivity contribution < 1.29 is 23.6 Å². The van der Waals surface area contributed by atoms with E-state index in [2.05, 4.69) is 0 Å². The van der Waals surface area contributed by atoms with Gasteiger partial charge in [0.2, 0.25) is 0 Å². The molecule has 5 aliphatic rings. The van der Waals surface area contributed by atoms with Gasteiger partial charge in [0, 0.05) is 5.56 Å². The molecule has 2 saturated carbocycles. The van der Waals surface area contributed by atoms with E-state index in [1.54, 1.807) is 12.1 Å². The summed E-state index contributed by atoms with van der Waals surface area (Å²) in [6.07, 6.45) is 5.10. The number of hydrogen-bond donors (Lipinski definition) is 0. The Balaban J connectivity index is 1.37. The molecule has 2 bridgehead atoms. The molecule has 0 unspecified atom stereocenters. The highest BCUT2D eigenvalue weighted by Crippen LogP contribution is 2.65. The highest BCUT2D eigenvalue weighted by Gasteiger charge is 2.68. The number of ketones is 1. The summed E-state index contributed by atoms with van der Waals surface area (Å²) < 4.78 is 13.3. The number of benzene rings is 2. The van der Waals surface area contributed by atoms with Crippen molar-refractivity contribution in [3.8, 4) is 0 Å². The average molecular weight is 479 g/mol. The number of hydrogen-bond acceptors (Lipinski definition) is 4. The zero-order valence-corrected chi connectivity index (χ0v) is 18.7. The Labute approximate surface area is 199 Å². The van der Waals surface area contributed by atoms with Crippen LogP contribution in [0.3, 0.4) is 0 Å². The number of carbonyl (C=O) groups is 4. The van der Waals surface area contributed by atoms with Crippen LogP contribution in [0.15, 0.2) is 60.7 Å². The Morgan fingerprint density at radius 1 is 0.941 bits per heavy atom. The molecule has 0 radical (unpaired) electrons. The SMILES string of the molecule is O=C(CN(C(=O)c1ccccc1Cl)N1C(=O)[C@@H]2[C@H]3C=C[C@@H]([C@@H]4C[C@H]34)[C@@H]2C1=O)c1ccc(F)cc1. The van der Waals surface area contributed by atoms with Crippen LogP contribution in [0.1, 0.15) is 27.1 Å². The third-order valence-corrected chi connectivity index (χ3v) is 8.01. The van der Waals surface area contributed by atoms with E-state index in [-0.39, 0.29) is 28.0 Å². The summed E-state index contributed by atoms with van der Waals surface area (Å²) in [5.74, 6) is -2.93. The third kappa shape index (κ3) is 3.06. The second-order valence-electron chi connectivity index (χ2n) is 9.42. The minimum absolute atomic E-state index is 0.0217. The second-order valence-corrected chi connectivity index (χ2v) is 9.82. The summed E-state index contributed by atoms with van der Waals surface area (Å²) >= 11 is 6.24. The van der Waals surface area contributed by atoms with Crippen LogP contribution in [0.25, 0.3) is 0 Å². The molecule has 8 heteroatoms. The summed E-state index contributed by atoms with van der Waals surface area (Å²) in [6, 6.07) is 11.2. The van der Waals surface area contributed by atoms with Gasteiger partial charge in [0.15, 0.2) is 5.78 Å². The van der Waals surface area contributed by atoms with Gasteiger partial charge in [-0.05, 0) is 66.5 Å². The van der Waals surface area contributed by atoms with Gasteiger partial charge in [-0.15, -0.1) is 0 Å². The van der Waals surface area contributed by atoms with Crippen molar-refractivity contribution in [1.29, 1.82) is 0 Å². The Hall–Kier alpha value is -3.32. The van der Waals surface area contributed by atoms with Crippen LogP contribution >= 0.6 is 11.6 Å². The van der Waals surface area contributed by atoms with E-state index in [1.807, 2.05) is 12.2 Å². The number of Topliss-reactive ketones (excluding diaryl/α,β-unsaturated/α-hetero) is 1. The second kappa shape index (κ2) is 7.60. The molecular weight excluding hydrogens is 459 g/mol. The molecular formula is C26H20ClFN2O4. The van der Waals surface area contributed by atoms with Gasteiger partial charge in [-0.2, -0.15) is 5.01 Å². The molecule has 6 atom stereocenters. The predicted octanol–water partition coefficient (Wildman–Crippen LogP) is 3.77. The maximum atomic E-state index is 13.6. The van der Waals surface area contributed by atoms with E-state index in [9.17, 15) is 23.6 Å². The lowest BCUT2D eigenvalue weighted by atomic mass is 9.63. The lowest BCUT2D eigenvalue weighted by Crippen LogP contribution is -2.52. The smallest absolute Gasteiger partial charge is 0.274 e. The third-order valence-electron chi connectivity index (χ3n) is 7.68. The molecule has 7 rings (SSSR count). The topological polar surface area (TPSA) is 74.8 Å². The summed E-state index contributed by atoms with van der Waals surface area (Å²) in [5.41, 5.74) is 0.244. The molecule has 1 aliphatic heterocycles. The van der Waals surface area contributed by atoms with Gasteiger partial charge in [0.05, 0.1) is 22.4 Å². The van der Waals surface area contributed by atoms with Crippen molar-refractivity contribution in [2.24, 2.45) is 35.5 Å².